The summed E-state index contributed by atoms with van der Waals surface area (Å²) in [5.41, 5.74) is 7.13. The van der Waals surface area contributed by atoms with E-state index in [0.29, 0.717) is 16.6 Å². The van der Waals surface area contributed by atoms with Gasteiger partial charge in [0, 0.05) is 12.1 Å². The Hall–Kier alpha value is -1.62. The smallest absolute Gasteiger partial charge is 0.182 e. The van der Waals surface area contributed by atoms with Gasteiger partial charge in [-0.25, -0.2) is 4.68 Å². The van der Waals surface area contributed by atoms with Crippen LogP contribution in [0.4, 0.5) is 5.69 Å². The van der Waals surface area contributed by atoms with E-state index in [9.17, 15) is 0 Å². The zero-order valence-electron chi connectivity index (χ0n) is 10.5. The van der Waals surface area contributed by atoms with Crippen LogP contribution in [0.2, 0.25) is 5.02 Å². The van der Waals surface area contributed by atoms with Crippen LogP contribution in [0.25, 0.3) is 11.4 Å². The minimum Gasteiger partial charge on any atom is -0.398 e. The van der Waals surface area contributed by atoms with E-state index in [-0.39, 0.29) is 0 Å². The van der Waals surface area contributed by atoms with Gasteiger partial charge in [0.1, 0.15) is 0 Å². The largest absolute Gasteiger partial charge is 0.398 e. The summed E-state index contributed by atoms with van der Waals surface area (Å²) in [5, 5.41) is 12.3. The number of hydrogen-bond acceptors (Lipinski definition) is 4. The average Bonchev–Trinajstić information content (AvgIpc) is 2.80. The summed E-state index contributed by atoms with van der Waals surface area (Å²) in [7, 11) is 0. The lowest BCUT2D eigenvalue weighted by Crippen LogP contribution is -2.10. The van der Waals surface area contributed by atoms with E-state index in [2.05, 4.69) is 29.4 Å². The molecule has 1 aromatic carbocycles. The highest BCUT2D eigenvalue weighted by Gasteiger charge is 2.12. The van der Waals surface area contributed by atoms with E-state index in [1.807, 2.05) is 6.07 Å². The number of nitrogens with two attached hydrogens (primary N) is 1. The number of rotatable bonds is 4. The Labute approximate surface area is 111 Å². The Bertz CT molecular complexity index is 537. The number of hydrogen-bond donors (Lipinski definition) is 1. The number of nitrogens with zero attached hydrogens (tertiary/aromatic N) is 4. The van der Waals surface area contributed by atoms with Gasteiger partial charge in [-0.3, -0.25) is 0 Å². The third-order valence-electron chi connectivity index (χ3n) is 2.97. The van der Waals surface area contributed by atoms with Gasteiger partial charge in [-0.15, -0.1) is 5.10 Å². The quantitative estimate of drug-likeness (QED) is 0.863. The maximum absolute atomic E-state index is 6.01. The van der Waals surface area contributed by atoms with Crippen LogP contribution in [0.1, 0.15) is 20.3 Å². The summed E-state index contributed by atoms with van der Waals surface area (Å²) >= 11 is 6.01. The molecule has 0 radical (unpaired) electrons. The first-order chi connectivity index (χ1) is 8.61. The van der Waals surface area contributed by atoms with Gasteiger partial charge in [0.15, 0.2) is 5.82 Å². The summed E-state index contributed by atoms with van der Waals surface area (Å²) in [6.07, 6.45) is 1.09. The number of aromatic nitrogens is 4. The number of tetrazole rings is 1. The van der Waals surface area contributed by atoms with E-state index in [1.165, 1.54) is 0 Å². The third kappa shape index (κ3) is 2.61. The molecule has 0 fully saturated rings. The molecule has 0 aliphatic heterocycles. The monoisotopic (exact) mass is 265 g/mol. The standard InChI is InChI=1S/C12H16ClN5/c1-3-8(2)7-18-12(15-16-17-18)9-4-5-11(14)10(13)6-9/h4-6,8H,3,7,14H2,1-2H3. The maximum atomic E-state index is 6.01. The summed E-state index contributed by atoms with van der Waals surface area (Å²) in [6.45, 7) is 5.11. The van der Waals surface area contributed by atoms with Gasteiger partial charge in [-0.05, 0) is 34.5 Å². The lowest BCUT2D eigenvalue weighted by Gasteiger charge is -2.10. The van der Waals surface area contributed by atoms with Crippen LogP contribution in [0, 0.1) is 5.92 Å². The van der Waals surface area contributed by atoms with Crippen LogP contribution < -0.4 is 5.73 Å². The Balaban J connectivity index is 2.33. The van der Waals surface area contributed by atoms with E-state index >= 15 is 0 Å². The Morgan fingerprint density at radius 3 is 2.89 bits per heavy atom. The van der Waals surface area contributed by atoms with E-state index in [4.69, 9.17) is 17.3 Å². The van der Waals surface area contributed by atoms with Gasteiger partial charge in [0.05, 0.1) is 10.7 Å². The van der Waals surface area contributed by atoms with Crippen LogP contribution in [-0.2, 0) is 6.54 Å². The van der Waals surface area contributed by atoms with Gasteiger partial charge < -0.3 is 5.73 Å². The highest BCUT2D eigenvalue weighted by atomic mass is 35.5. The zero-order chi connectivity index (χ0) is 13.1. The van der Waals surface area contributed by atoms with Crippen molar-refractivity contribution in [1.29, 1.82) is 0 Å². The molecule has 0 bridgehead atoms. The molecular formula is C12H16ClN5. The van der Waals surface area contributed by atoms with Crippen LogP contribution >= 0.6 is 11.6 Å². The van der Waals surface area contributed by atoms with Crippen molar-refractivity contribution in [3.63, 3.8) is 0 Å². The average molecular weight is 266 g/mol. The number of halogens is 1. The van der Waals surface area contributed by atoms with Crippen LogP contribution in [0.5, 0.6) is 0 Å². The highest BCUT2D eigenvalue weighted by Crippen LogP contribution is 2.25. The second kappa shape index (κ2) is 5.35. The fourth-order valence-electron chi connectivity index (χ4n) is 1.62. The fourth-order valence-corrected chi connectivity index (χ4v) is 1.81. The molecule has 1 atom stereocenters. The van der Waals surface area contributed by atoms with Crippen molar-refractivity contribution < 1.29 is 0 Å². The minimum atomic E-state index is 0.519. The van der Waals surface area contributed by atoms with Gasteiger partial charge in [-0.2, -0.15) is 0 Å². The third-order valence-corrected chi connectivity index (χ3v) is 3.30. The molecule has 1 aromatic heterocycles. The first-order valence-electron chi connectivity index (χ1n) is 5.93. The van der Waals surface area contributed by atoms with Crippen LogP contribution in [0.15, 0.2) is 18.2 Å². The molecule has 0 amide bonds. The molecule has 5 nitrogen and oxygen atoms in total. The van der Waals surface area contributed by atoms with E-state index < -0.39 is 0 Å². The SMILES string of the molecule is CCC(C)Cn1nnnc1-c1ccc(N)c(Cl)c1. The summed E-state index contributed by atoms with van der Waals surface area (Å²) in [6, 6.07) is 5.43. The molecular weight excluding hydrogens is 250 g/mol. The van der Waals surface area contributed by atoms with Gasteiger partial charge in [0.25, 0.3) is 0 Å². The van der Waals surface area contributed by atoms with Crippen LogP contribution in [-0.4, -0.2) is 20.2 Å². The van der Waals surface area contributed by atoms with Crippen molar-refractivity contribution in [2.24, 2.45) is 5.92 Å². The molecule has 18 heavy (non-hydrogen) atoms. The van der Waals surface area contributed by atoms with Gasteiger partial charge in [-0.1, -0.05) is 31.9 Å². The molecule has 0 spiro atoms. The molecule has 2 N–H and O–H groups in total. The van der Waals surface area contributed by atoms with Crippen molar-refractivity contribution in [2.75, 3.05) is 5.73 Å². The lowest BCUT2D eigenvalue weighted by atomic mass is 10.1. The summed E-state index contributed by atoms with van der Waals surface area (Å²) < 4.78 is 1.80. The summed E-state index contributed by atoms with van der Waals surface area (Å²) in [5.74, 6) is 1.24. The second-order valence-electron chi connectivity index (χ2n) is 4.43. The Morgan fingerprint density at radius 1 is 1.44 bits per heavy atom. The second-order valence-corrected chi connectivity index (χ2v) is 4.84. The molecule has 96 valence electrons. The first-order valence-corrected chi connectivity index (χ1v) is 6.31. The number of anilines is 1. The highest BCUT2D eigenvalue weighted by molar-refractivity contribution is 6.33. The predicted octanol–water partition coefficient (Wildman–Crippen LogP) is 2.62. The molecule has 1 heterocycles. The molecule has 0 aliphatic carbocycles. The van der Waals surface area contributed by atoms with Crippen molar-refractivity contribution in [3.8, 4) is 11.4 Å². The van der Waals surface area contributed by atoms with Crippen LogP contribution in [0.3, 0.4) is 0 Å². The maximum Gasteiger partial charge on any atom is 0.182 e. The Morgan fingerprint density at radius 2 is 2.22 bits per heavy atom. The van der Waals surface area contributed by atoms with Gasteiger partial charge in [0.2, 0.25) is 0 Å². The number of nitrogen functional groups attached to an aromatic ring is 1. The van der Waals surface area contributed by atoms with Crippen molar-refractivity contribution in [3.05, 3.63) is 23.2 Å². The minimum absolute atomic E-state index is 0.519. The molecule has 2 rings (SSSR count). The first kappa shape index (κ1) is 12.8. The fraction of sp³-hybridized carbons (Fsp3) is 0.417. The Kier molecular flexibility index (Phi) is 3.81. The van der Waals surface area contributed by atoms with Gasteiger partial charge >= 0.3 is 0 Å². The molecule has 0 saturated carbocycles. The predicted molar refractivity (Wildman–Crippen MR) is 72.1 cm³/mol. The normalized spacial score (nSPS) is 12.6. The molecule has 1 unspecified atom stereocenters. The zero-order valence-corrected chi connectivity index (χ0v) is 11.2. The van der Waals surface area contributed by atoms with Crippen molar-refractivity contribution in [1.82, 2.24) is 20.2 Å². The van der Waals surface area contributed by atoms with Crippen molar-refractivity contribution in [2.45, 2.75) is 26.8 Å². The molecule has 6 heteroatoms. The van der Waals surface area contributed by atoms with E-state index in [0.717, 1.165) is 24.4 Å². The molecule has 0 saturated heterocycles. The topological polar surface area (TPSA) is 69.6 Å². The van der Waals surface area contributed by atoms with Crippen molar-refractivity contribution >= 4 is 17.3 Å². The molecule has 2 aromatic rings. The number of benzene rings is 1. The van der Waals surface area contributed by atoms with E-state index in [1.54, 1.807) is 16.8 Å². The molecule has 0 aliphatic rings. The lowest BCUT2D eigenvalue weighted by molar-refractivity contribution is 0.434. The summed E-state index contributed by atoms with van der Waals surface area (Å²) in [4.78, 5) is 0.